The summed E-state index contributed by atoms with van der Waals surface area (Å²) in [5, 5.41) is 3.18. The smallest absolute Gasteiger partial charge is 0.255 e. The lowest BCUT2D eigenvalue weighted by Gasteiger charge is -2.10. The monoisotopic (exact) mass is 208 g/mol. The molecule has 3 heteroatoms. The predicted octanol–water partition coefficient (Wildman–Crippen LogP) is 1.68. The van der Waals surface area contributed by atoms with Crippen LogP contribution in [0.1, 0.15) is 31.5 Å². The van der Waals surface area contributed by atoms with Gasteiger partial charge in [-0.05, 0) is 26.0 Å². The molecule has 0 radical (unpaired) electrons. The van der Waals surface area contributed by atoms with E-state index in [1.54, 1.807) is 0 Å². The first kappa shape index (κ1) is 12.0. The molecule has 0 spiro atoms. The zero-order valence-corrected chi connectivity index (χ0v) is 9.84. The summed E-state index contributed by atoms with van der Waals surface area (Å²) >= 11 is 0. The highest BCUT2D eigenvalue weighted by Crippen LogP contribution is 1.99. The molecular formula is C12H20N2O. The highest BCUT2D eigenvalue weighted by molar-refractivity contribution is 5.15. The van der Waals surface area contributed by atoms with E-state index in [9.17, 15) is 4.79 Å². The molecule has 0 saturated carbocycles. The summed E-state index contributed by atoms with van der Waals surface area (Å²) < 4.78 is 1.85. The fourth-order valence-corrected chi connectivity index (χ4v) is 1.61. The lowest BCUT2D eigenvalue weighted by atomic mass is 10.2. The Balaban J connectivity index is 3.00. The van der Waals surface area contributed by atoms with Gasteiger partial charge in [-0.15, -0.1) is 0 Å². The summed E-state index contributed by atoms with van der Waals surface area (Å²) in [6.45, 7) is 8.47. The highest BCUT2D eigenvalue weighted by Gasteiger charge is 2.04. The van der Waals surface area contributed by atoms with Gasteiger partial charge in [0.25, 0.3) is 5.56 Å². The Morgan fingerprint density at radius 2 is 2.07 bits per heavy atom. The van der Waals surface area contributed by atoms with Crippen LogP contribution in [0.15, 0.2) is 16.9 Å². The molecule has 0 amide bonds. The van der Waals surface area contributed by atoms with E-state index in [4.69, 9.17) is 0 Å². The minimum Gasteiger partial charge on any atom is -0.313 e. The van der Waals surface area contributed by atoms with E-state index in [0.717, 1.165) is 30.8 Å². The van der Waals surface area contributed by atoms with Crippen molar-refractivity contribution in [1.29, 1.82) is 0 Å². The minimum atomic E-state index is 0.151. The average molecular weight is 208 g/mol. The first-order valence-electron chi connectivity index (χ1n) is 5.60. The normalized spacial score (nSPS) is 10.6. The molecule has 1 aromatic heterocycles. The quantitative estimate of drug-likeness (QED) is 0.798. The van der Waals surface area contributed by atoms with E-state index in [1.165, 1.54) is 0 Å². The highest BCUT2D eigenvalue weighted by atomic mass is 16.1. The van der Waals surface area contributed by atoms with Gasteiger partial charge in [-0.3, -0.25) is 4.79 Å². The van der Waals surface area contributed by atoms with Crippen molar-refractivity contribution in [3.8, 4) is 0 Å². The second-order valence-electron chi connectivity index (χ2n) is 3.74. The third-order valence-corrected chi connectivity index (χ3v) is 2.48. The van der Waals surface area contributed by atoms with Crippen LogP contribution < -0.4 is 10.9 Å². The van der Waals surface area contributed by atoms with E-state index >= 15 is 0 Å². The zero-order valence-electron chi connectivity index (χ0n) is 9.84. The molecule has 0 fully saturated rings. The van der Waals surface area contributed by atoms with Crippen LogP contribution in [0.4, 0.5) is 0 Å². The average Bonchev–Trinajstić information content (AvgIpc) is 2.23. The van der Waals surface area contributed by atoms with Crippen molar-refractivity contribution >= 4 is 0 Å². The number of pyridine rings is 1. The molecule has 0 bridgehead atoms. The van der Waals surface area contributed by atoms with Gasteiger partial charge in [0.15, 0.2) is 0 Å². The van der Waals surface area contributed by atoms with Crippen LogP contribution in [0, 0.1) is 6.92 Å². The molecule has 1 heterocycles. The van der Waals surface area contributed by atoms with E-state index in [0.29, 0.717) is 6.54 Å². The van der Waals surface area contributed by atoms with Crippen molar-refractivity contribution in [1.82, 2.24) is 9.88 Å². The predicted molar refractivity (Wildman–Crippen MR) is 63.1 cm³/mol. The summed E-state index contributed by atoms with van der Waals surface area (Å²) in [5.41, 5.74) is 2.05. The van der Waals surface area contributed by atoms with Crippen LogP contribution in [0.25, 0.3) is 0 Å². The Morgan fingerprint density at radius 1 is 1.33 bits per heavy atom. The fourth-order valence-electron chi connectivity index (χ4n) is 1.61. The Labute approximate surface area is 91.1 Å². The van der Waals surface area contributed by atoms with Crippen LogP contribution >= 0.6 is 0 Å². The summed E-state index contributed by atoms with van der Waals surface area (Å²) in [6.07, 6.45) is 0.991. The summed E-state index contributed by atoms with van der Waals surface area (Å²) in [4.78, 5) is 12.0. The Morgan fingerprint density at radius 3 is 2.67 bits per heavy atom. The van der Waals surface area contributed by atoms with Crippen molar-refractivity contribution < 1.29 is 0 Å². The van der Waals surface area contributed by atoms with Crippen molar-refractivity contribution in [3.63, 3.8) is 0 Å². The number of aromatic nitrogens is 1. The summed E-state index contributed by atoms with van der Waals surface area (Å²) in [5.74, 6) is 0. The topological polar surface area (TPSA) is 34.0 Å². The van der Waals surface area contributed by atoms with Gasteiger partial charge in [0, 0.05) is 24.3 Å². The van der Waals surface area contributed by atoms with Crippen molar-refractivity contribution in [2.24, 2.45) is 0 Å². The number of nitrogens with one attached hydrogen (secondary N) is 1. The lowest BCUT2D eigenvalue weighted by molar-refractivity contribution is 0.618. The minimum absolute atomic E-state index is 0.151. The Bertz CT molecular complexity index is 368. The maximum atomic E-state index is 12.0. The summed E-state index contributed by atoms with van der Waals surface area (Å²) in [7, 11) is 0. The molecular weight excluding hydrogens is 188 g/mol. The molecule has 0 unspecified atom stereocenters. The molecule has 1 aromatic rings. The van der Waals surface area contributed by atoms with E-state index in [-0.39, 0.29) is 5.56 Å². The van der Waals surface area contributed by atoms with Crippen LogP contribution in [0.5, 0.6) is 0 Å². The van der Waals surface area contributed by atoms with E-state index < -0.39 is 0 Å². The van der Waals surface area contributed by atoms with Gasteiger partial charge in [0.05, 0.1) is 0 Å². The SMILES string of the molecule is CCCn1c(C)ccc(CNCC)c1=O. The van der Waals surface area contributed by atoms with Gasteiger partial charge in [-0.1, -0.05) is 19.9 Å². The van der Waals surface area contributed by atoms with Crippen LogP contribution in [-0.4, -0.2) is 11.1 Å². The number of hydrogen-bond acceptors (Lipinski definition) is 2. The van der Waals surface area contributed by atoms with Gasteiger partial charge in [-0.2, -0.15) is 0 Å². The number of rotatable bonds is 5. The summed E-state index contributed by atoms with van der Waals surface area (Å²) in [6, 6.07) is 3.94. The Hall–Kier alpha value is -1.09. The maximum absolute atomic E-state index is 12.0. The molecule has 84 valence electrons. The van der Waals surface area contributed by atoms with Crippen LogP contribution in [0.3, 0.4) is 0 Å². The van der Waals surface area contributed by atoms with E-state index in [2.05, 4.69) is 12.2 Å². The first-order chi connectivity index (χ1) is 7.20. The van der Waals surface area contributed by atoms with Gasteiger partial charge >= 0.3 is 0 Å². The molecule has 0 aliphatic rings. The molecule has 0 saturated heterocycles. The molecule has 1 rings (SSSR count). The van der Waals surface area contributed by atoms with Crippen molar-refractivity contribution in [3.05, 3.63) is 33.7 Å². The lowest BCUT2D eigenvalue weighted by Crippen LogP contribution is -2.28. The maximum Gasteiger partial charge on any atom is 0.255 e. The molecule has 15 heavy (non-hydrogen) atoms. The largest absolute Gasteiger partial charge is 0.313 e. The van der Waals surface area contributed by atoms with Gasteiger partial charge in [-0.25, -0.2) is 0 Å². The molecule has 0 aliphatic heterocycles. The molecule has 0 aliphatic carbocycles. The van der Waals surface area contributed by atoms with Gasteiger partial charge in [0.1, 0.15) is 0 Å². The number of hydrogen-bond donors (Lipinski definition) is 1. The standard InChI is InChI=1S/C12H20N2O/c1-4-8-14-10(3)6-7-11(12(14)15)9-13-5-2/h6-7,13H,4-5,8-9H2,1-3H3. The number of nitrogens with zero attached hydrogens (tertiary/aromatic N) is 1. The van der Waals surface area contributed by atoms with Crippen LogP contribution in [-0.2, 0) is 13.1 Å². The third kappa shape index (κ3) is 2.93. The van der Waals surface area contributed by atoms with Crippen molar-refractivity contribution in [2.45, 2.75) is 40.3 Å². The van der Waals surface area contributed by atoms with Gasteiger partial charge in [0.2, 0.25) is 0 Å². The van der Waals surface area contributed by atoms with Crippen molar-refractivity contribution in [2.75, 3.05) is 6.54 Å². The fraction of sp³-hybridized carbons (Fsp3) is 0.583. The molecule has 0 aromatic carbocycles. The van der Waals surface area contributed by atoms with E-state index in [1.807, 2.05) is 30.5 Å². The third-order valence-electron chi connectivity index (χ3n) is 2.48. The molecule has 1 N–H and O–H groups in total. The first-order valence-corrected chi connectivity index (χ1v) is 5.60. The van der Waals surface area contributed by atoms with Crippen LogP contribution in [0.2, 0.25) is 0 Å². The zero-order chi connectivity index (χ0) is 11.3. The second kappa shape index (κ2) is 5.71. The number of aryl methyl sites for hydroxylation is 1. The second-order valence-corrected chi connectivity index (χ2v) is 3.74. The molecule has 3 nitrogen and oxygen atoms in total. The Kier molecular flexibility index (Phi) is 4.56. The van der Waals surface area contributed by atoms with Gasteiger partial charge < -0.3 is 9.88 Å². The molecule has 0 atom stereocenters.